The van der Waals surface area contributed by atoms with Crippen molar-refractivity contribution in [2.75, 3.05) is 39.3 Å². The summed E-state index contributed by atoms with van der Waals surface area (Å²) in [6, 6.07) is 0.414. The lowest BCUT2D eigenvalue weighted by Crippen LogP contribution is -2.54. The number of hydrogen-bond acceptors (Lipinski definition) is 3. The van der Waals surface area contributed by atoms with E-state index in [1.54, 1.807) is 0 Å². The van der Waals surface area contributed by atoms with Gasteiger partial charge in [-0.25, -0.2) is 4.79 Å². The van der Waals surface area contributed by atoms with Crippen molar-refractivity contribution in [2.24, 2.45) is 5.92 Å². The van der Waals surface area contributed by atoms with Crippen LogP contribution in [-0.4, -0.2) is 67.0 Å². The largest absolute Gasteiger partial charge is 0.339 e. The van der Waals surface area contributed by atoms with E-state index in [-0.39, 0.29) is 24.3 Å². The van der Waals surface area contributed by atoms with E-state index in [2.05, 4.69) is 10.6 Å². The molecule has 1 unspecified atom stereocenters. The van der Waals surface area contributed by atoms with E-state index in [0.717, 1.165) is 32.4 Å². The molecule has 2 heterocycles. The summed E-state index contributed by atoms with van der Waals surface area (Å²) in [6.07, 6.45) is 8.81. The highest BCUT2D eigenvalue weighted by Crippen LogP contribution is 2.18. The van der Waals surface area contributed by atoms with Crippen LogP contribution in [0.2, 0.25) is 0 Å². The van der Waals surface area contributed by atoms with Gasteiger partial charge < -0.3 is 20.4 Å². The van der Waals surface area contributed by atoms with Gasteiger partial charge in [-0.3, -0.25) is 4.79 Å². The van der Waals surface area contributed by atoms with Crippen molar-refractivity contribution in [3.63, 3.8) is 0 Å². The maximum Gasteiger partial charge on any atom is 0.317 e. The number of carbonyl (C=O) groups excluding carboxylic acids is 2. The van der Waals surface area contributed by atoms with E-state index < -0.39 is 0 Å². The molecule has 2 N–H and O–H groups in total. The molecular weight excluding hydrogens is 340 g/mol. The molecule has 0 aromatic heterocycles. The van der Waals surface area contributed by atoms with E-state index in [4.69, 9.17) is 0 Å². The third-order valence-corrected chi connectivity index (χ3v) is 5.78. The third-order valence-electron chi connectivity index (χ3n) is 5.78. The van der Waals surface area contributed by atoms with Gasteiger partial charge in [0.15, 0.2) is 0 Å². The van der Waals surface area contributed by atoms with E-state index >= 15 is 0 Å². The summed E-state index contributed by atoms with van der Waals surface area (Å²) < 4.78 is 0. The molecule has 1 aliphatic carbocycles. The van der Waals surface area contributed by atoms with Crippen molar-refractivity contribution < 1.29 is 9.59 Å². The molecule has 2 aliphatic heterocycles. The fraction of sp³-hybridized carbons (Fsp3) is 0.889. The van der Waals surface area contributed by atoms with Crippen LogP contribution in [0.25, 0.3) is 0 Å². The number of rotatable bonds is 4. The van der Waals surface area contributed by atoms with Gasteiger partial charge in [0.2, 0.25) is 5.91 Å². The Balaban J connectivity index is 0.00000225. The lowest BCUT2D eigenvalue weighted by atomic mass is 9.96. The molecule has 7 heteroatoms. The lowest BCUT2D eigenvalue weighted by Gasteiger charge is -2.36. The van der Waals surface area contributed by atoms with Gasteiger partial charge >= 0.3 is 6.03 Å². The van der Waals surface area contributed by atoms with Gasteiger partial charge in [0.25, 0.3) is 0 Å². The van der Waals surface area contributed by atoms with Crippen molar-refractivity contribution in [3.05, 3.63) is 0 Å². The van der Waals surface area contributed by atoms with Crippen molar-refractivity contribution in [1.29, 1.82) is 0 Å². The quantitative estimate of drug-likeness (QED) is 0.793. The fourth-order valence-electron chi connectivity index (χ4n) is 4.12. The molecule has 3 amide bonds. The van der Waals surface area contributed by atoms with Crippen LogP contribution >= 0.6 is 12.4 Å². The summed E-state index contributed by atoms with van der Waals surface area (Å²) >= 11 is 0. The van der Waals surface area contributed by atoms with Crippen LogP contribution in [0.5, 0.6) is 0 Å². The molecule has 1 atom stereocenters. The standard InChI is InChI=1S/C18H32N4O2.ClH/c23-17(7-6-15-8-9-19-14-15)21-10-12-22(13-11-21)18(24)20-16-4-2-1-3-5-16;/h15-16,19H,1-14H2,(H,20,24);1H. The van der Waals surface area contributed by atoms with Gasteiger partial charge in [-0.05, 0) is 44.7 Å². The first kappa shape index (κ1) is 20.3. The van der Waals surface area contributed by atoms with Crippen LogP contribution in [-0.2, 0) is 4.79 Å². The van der Waals surface area contributed by atoms with Crippen molar-refractivity contribution in [1.82, 2.24) is 20.4 Å². The van der Waals surface area contributed by atoms with Gasteiger partial charge in [0, 0.05) is 38.6 Å². The zero-order chi connectivity index (χ0) is 16.8. The molecule has 0 bridgehead atoms. The topological polar surface area (TPSA) is 64.7 Å². The normalized spacial score (nSPS) is 24.7. The molecule has 0 spiro atoms. The maximum atomic E-state index is 12.3. The highest BCUT2D eigenvalue weighted by Gasteiger charge is 2.26. The predicted molar refractivity (Wildman–Crippen MR) is 101 cm³/mol. The van der Waals surface area contributed by atoms with Crippen molar-refractivity contribution in [3.8, 4) is 0 Å². The molecule has 3 aliphatic rings. The summed E-state index contributed by atoms with van der Waals surface area (Å²) in [7, 11) is 0. The second-order valence-corrected chi connectivity index (χ2v) is 7.55. The molecule has 3 rings (SSSR count). The third kappa shape index (κ3) is 6.03. The number of nitrogens with one attached hydrogen (secondary N) is 2. The van der Waals surface area contributed by atoms with Gasteiger partial charge in [0.1, 0.15) is 0 Å². The first-order valence-electron chi connectivity index (χ1n) is 9.76. The molecule has 1 saturated carbocycles. The minimum atomic E-state index is 0. The lowest BCUT2D eigenvalue weighted by molar-refractivity contribution is -0.132. The first-order valence-corrected chi connectivity index (χ1v) is 9.76. The summed E-state index contributed by atoms with van der Waals surface area (Å²) in [5, 5.41) is 6.52. The smallest absolute Gasteiger partial charge is 0.317 e. The maximum absolute atomic E-state index is 12.3. The van der Waals surface area contributed by atoms with Gasteiger partial charge in [-0.1, -0.05) is 19.3 Å². The van der Waals surface area contributed by atoms with Crippen LogP contribution in [0, 0.1) is 5.92 Å². The SMILES string of the molecule is Cl.O=C(CCC1CCNC1)N1CCN(C(=O)NC2CCCCC2)CC1. The number of piperazine rings is 1. The van der Waals surface area contributed by atoms with Crippen LogP contribution in [0.4, 0.5) is 4.79 Å². The Hall–Kier alpha value is -1.01. The summed E-state index contributed by atoms with van der Waals surface area (Å²) in [5.41, 5.74) is 0. The van der Waals surface area contributed by atoms with Crippen molar-refractivity contribution in [2.45, 2.75) is 57.4 Å². The highest BCUT2D eigenvalue weighted by molar-refractivity contribution is 5.85. The fourth-order valence-corrected chi connectivity index (χ4v) is 4.12. The minimum Gasteiger partial charge on any atom is -0.339 e. The predicted octanol–water partition coefficient (Wildman–Crippen LogP) is 1.98. The number of amides is 3. The first-order chi connectivity index (χ1) is 11.7. The van der Waals surface area contributed by atoms with Gasteiger partial charge in [-0.2, -0.15) is 0 Å². The van der Waals surface area contributed by atoms with Gasteiger partial charge in [0.05, 0.1) is 0 Å². The Morgan fingerprint density at radius 3 is 2.28 bits per heavy atom. The second kappa shape index (κ2) is 10.2. The molecule has 0 radical (unpaired) electrons. The van der Waals surface area contributed by atoms with Crippen LogP contribution in [0.3, 0.4) is 0 Å². The van der Waals surface area contributed by atoms with E-state index in [1.165, 1.54) is 25.7 Å². The number of hydrogen-bond donors (Lipinski definition) is 2. The minimum absolute atomic E-state index is 0. The number of carbonyl (C=O) groups is 2. The molecule has 144 valence electrons. The van der Waals surface area contributed by atoms with E-state index in [1.807, 2.05) is 9.80 Å². The molecule has 3 fully saturated rings. The monoisotopic (exact) mass is 372 g/mol. The summed E-state index contributed by atoms with van der Waals surface area (Å²) in [5.74, 6) is 0.922. The van der Waals surface area contributed by atoms with Gasteiger partial charge in [-0.15, -0.1) is 12.4 Å². The number of nitrogens with zero attached hydrogens (tertiary/aromatic N) is 2. The Kier molecular flexibility index (Phi) is 8.30. The Morgan fingerprint density at radius 2 is 1.64 bits per heavy atom. The Bertz CT molecular complexity index is 429. The molecular formula is C18H33ClN4O2. The average molecular weight is 373 g/mol. The highest BCUT2D eigenvalue weighted by atomic mass is 35.5. The zero-order valence-corrected chi connectivity index (χ0v) is 16.0. The molecule has 2 saturated heterocycles. The number of halogens is 1. The Morgan fingerprint density at radius 1 is 0.960 bits per heavy atom. The molecule has 6 nitrogen and oxygen atoms in total. The molecule has 0 aromatic carbocycles. The van der Waals surface area contributed by atoms with Crippen LogP contribution in [0.1, 0.15) is 51.4 Å². The summed E-state index contributed by atoms with van der Waals surface area (Å²) in [6.45, 7) is 4.83. The summed E-state index contributed by atoms with van der Waals surface area (Å²) in [4.78, 5) is 28.5. The van der Waals surface area contributed by atoms with E-state index in [0.29, 0.717) is 44.6 Å². The van der Waals surface area contributed by atoms with Crippen LogP contribution < -0.4 is 10.6 Å². The van der Waals surface area contributed by atoms with E-state index in [9.17, 15) is 9.59 Å². The average Bonchev–Trinajstić information content (AvgIpc) is 3.14. The van der Waals surface area contributed by atoms with Crippen LogP contribution in [0.15, 0.2) is 0 Å². The Labute approximate surface area is 157 Å². The van der Waals surface area contributed by atoms with Crippen molar-refractivity contribution >= 4 is 24.3 Å². The second-order valence-electron chi connectivity index (χ2n) is 7.55. The molecule has 0 aromatic rings. The zero-order valence-electron chi connectivity index (χ0n) is 15.2. The number of urea groups is 1. The molecule has 25 heavy (non-hydrogen) atoms.